The lowest BCUT2D eigenvalue weighted by Gasteiger charge is -2.42. The third-order valence-electron chi connectivity index (χ3n) is 6.91. The van der Waals surface area contributed by atoms with Crippen LogP contribution in [0.25, 0.3) is 0 Å². The monoisotopic (exact) mass is 458 g/mol. The fourth-order valence-electron chi connectivity index (χ4n) is 5.03. The number of anilines is 1. The van der Waals surface area contributed by atoms with E-state index in [0.717, 1.165) is 57.5 Å². The van der Waals surface area contributed by atoms with Crippen molar-refractivity contribution in [2.75, 3.05) is 31.1 Å². The average molecular weight is 459 g/mol. The highest BCUT2D eigenvalue weighted by Crippen LogP contribution is 2.32. The van der Waals surface area contributed by atoms with Gasteiger partial charge in [0, 0.05) is 44.1 Å². The third-order valence-corrected chi connectivity index (χ3v) is 7.29. The Labute approximate surface area is 195 Å². The highest BCUT2D eigenvalue weighted by Gasteiger charge is 2.27. The molecule has 1 atom stereocenters. The lowest BCUT2D eigenvalue weighted by Crippen LogP contribution is -2.52. The minimum atomic E-state index is -0.356. The van der Waals surface area contributed by atoms with Gasteiger partial charge in [0.05, 0.1) is 16.3 Å². The molecule has 32 heavy (non-hydrogen) atoms. The number of halogens is 2. The lowest BCUT2D eigenvalue weighted by molar-refractivity contribution is 0.0919. The minimum absolute atomic E-state index is 0.0215. The van der Waals surface area contributed by atoms with Crippen LogP contribution in [0.15, 0.2) is 42.7 Å². The first-order valence-electron chi connectivity index (χ1n) is 11.6. The van der Waals surface area contributed by atoms with Crippen molar-refractivity contribution in [1.82, 2.24) is 15.2 Å². The molecule has 1 N–H and O–H groups in total. The Morgan fingerprint density at radius 1 is 1.19 bits per heavy atom. The summed E-state index contributed by atoms with van der Waals surface area (Å²) in [5.74, 6) is 0.338. The number of nitrogens with zero attached hydrogens (tertiary/aromatic N) is 3. The molecule has 4 rings (SSSR count). The van der Waals surface area contributed by atoms with Gasteiger partial charge in [-0.15, -0.1) is 0 Å². The zero-order valence-corrected chi connectivity index (χ0v) is 19.4. The Balaban J connectivity index is 1.19. The van der Waals surface area contributed by atoms with Crippen molar-refractivity contribution in [2.24, 2.45) is 5.92 Å². The first-order valence-corrected chi connectivity index (χ1v) is 12.0. The maximum absolute atomic E-state index is 13.9. The maximum atomic E-state index is 13.9. The zero-order chi connectivity index (χ0) is 22.5. The van der Waals surface area contributed by atoms with E-state index in [1.165, 1.54) is 12.5 Å². The van der Waals surface area contributed by atoms with Crippen LogP contribution in [0.2, 0.25) is 5.02 Å². The van der Waals surface area contributed by atoms with Gasteiger partial charge in [0.2, 0.25) is 0 Å². The summed E-state index contributed by atoms with van der Waals surface area (Å²) in [5, 5.41) is 3.39. The van der Waals surface area contributed by atoms with Crippen LogP contribution in [0.4, 0.5) is 10.1 Å². The molecule has 1 aromatic carbocycles. The fourth-order valence-corrected chi connectivity index (χ4v) is 5.27. The molecule has 1 aliphatic carbocycles. The standard InChI is InChI=1S/C25H32ClFN4O/c1-18-17-30(14-15-31(18)23-6-2-5-22(27)24(23)26)13-11-19-7-9-21(10-8-19)29-25(32)20-4-3-12-28-16-20/h2-6,12,16,18-19,21H,7-11,13-15,17H2,1H3,(H,29,32)/t18-,19?,21?/m1/s1. The molecule has 1 saturated heterocycles. The first kappa shape index (κ1) is 23.0. The summed E-state index contributed by atoms with van der Waals surface area (Å²) in [5.41, 5.74) is 1.42. The van der Waals surface area contributed by atoms with Crippen LogP contribution in [0.5, 0.6) is 0 Å². The van der Waals surface area contributed by atoms with Gasteiger partial charge in [0.1, 0.15) is 5.82 Å². The molecule has 0 unspecified atom stereocenters. The summed E-state index contributed by atoms with van der Waals surface area (Å²) < 4.78 is 13.9. The van der Waals surface area contributed by atoms with Crippen molar-refractivity contribution in [1.29, 1.82) is 0 Å². The third kappa shape index (κ3) is 5.59. The summed E-state index contributed by atoms with van der Waals surface area (Å²) >= 11 is 6.21. The highest BCUT2D eigenvalue weighted by molar-refractivity contribution is 6.33. The van der Waals surface area contributed by atoms with Crippen molar-refractivity contribution in [3.8, 4) is 0 Å². The molecule has 5 nitrogen and oxygen atoms in total. The van der Waals surface area contributed by atoms with Gasteiger partial charge in [-0.1, -0.05) is 17.7 Å². The molecule has 0 radical (unpaired) electrons. The predicted molar refractivity (Wildman–Crippen MR) is 127 cm³/mol. The van der Waals surface area contributed by atoms with Crippen molar-refractivity contribution in [3.05, 3.63) is 59.1 Å². The number of hydrogen-bond donors (Lipinski definition) is 1. The molecule has 1 aliphatic heterocycles. The van der Waals surface area contributed by atoms with Gasteiger partial charge in [0.15, 0.2) is 0 Å². The zero-order valence-electron chi connectivity index (χ0n) is 18.6. The average Bonchev–Trinajstić information content (AvgIpc) is 2.81. The van der Waals surface area contributed by atoms with E-state index in [-0.39, 0.29) is 22.8 Å². The normalized spacial score (nSPS) is 24.3. The number of pyridine rings is 1. The predicted octanol–water partition coefficient (Wildman–Crippen LogP) is 4.76. The number of hydrogen-bond acceptors (Lipinski definition) is 4. The van der Waals surface area contributed by atoms with Gasteiger partial charge in [-0.2, -0.15) is 0 Å². The molecule has 1 amide bonds. The smallest absolute Gasteiger partial charge is 0.253 e. The Kier molecular flexibility index (Phi) is 7.63. The Morgan fingerprint density at radius 3 is 2.72 bits per heavy atom. The molecule has 2 fully saturated rings. The number of carbonyl (C=O) groups excluding carboxylic acids is 1. The summed E-state index contributed by atoms with van der Waals surface area (Å²) in [4.78, 5) is 21.1. The van der Waals surface area contributed by atoms with Crippen molar-refractivity contribution < 1.29 is 9.18 Å². The van der Waals surface area contributed by atoms with Gasteiger partial charge in [0.25, 0.3) is 5.91 Å². The van der Waals surface area contributed by atoms with Crippen LogP contribution in [0.3, 0.4) is 0 Å². The van der Waals surface area contributed by atoms with E-state index < -0.39 is 0 Å². The second-order valence-corrected chi connectivity index (χ2v) is 9.52. The number of rotatable bonds is 6. The number of nitrogens with one attached hydrogen (secondary N) is 1. The number of amides is 1. The molecule has 2 aliphatic rings. The summed E-state index contributed by atoms with van der Waals surface area (Å²) in [7, 11) is 0. The summed E-state index contributed by atoms with van der Waals surface area (Å²) in [6, 6.07) is 9.19. The van der Waals surface area contributed by atoms with Gasteiger partial charge in [-0.05, 0) is 75.8 Å². The molecular weight excluding hydrogens is 427 g/mol. The van der Waals surface area contributed by atoms with E-state index in [1.54, 1.807) is 30.6 Å². The Bertz CT molecular complexity index is 904. The van der Waals surface area contributed by atoms with Crippen LogP contribution in [0.1, 0.15) is 49.4 Å². The second kappa shape index (κ2) is 10.6. The maximum Gasteiger partial charge on any atom is 0.253 e. The molecule has 7 heteroatoms. The van der Waals surface area contributed by atoms with Crippen LogP contribution in [-0.2, 0) is 0 Å². The SMILES string of the molecule is C[C@@H]1CN(CCC2CCC(NC(=O)c3cccnc3)CC2)CCN1c1cccc(F)c1Cl. The van der Waals surface area contributed by atoms with E-state index >= 15 is 0 Å². The van der Waals surface area contributed by atoms with E-state index in [0.29, 0.717) is 17.5 Å². The number of piperazine rings is 1. The molecule has 2 heterocycles. The lowest BCUT2D eigenvalue weighted by atomic mass is 9.84. The van der Waals surface area contributed by atoms with Crippen LogP contribution in [0, 0.1) is 11.7 Å². The van der Waals surface area contributed by atoms with Crippen LogP contribution >= 0.6 is 11.6 Å². The van der Waals surface area contributed by atoms with E-state index in [2.05, 4.69) is 27.0 Å². The van der Waals surface area contributed by atoms with Gasteiger partial charge >= 0.3 is 0 Å². The first-order chi connectivity index (χ1) is 15.5. The topological polar surface area (TPSA) is 48.5 Å². The van der Waals surface area contributed by atoms with Gasteiger partial charge in [-0.3, -0.25) is 14.7 Å². The largest absolute Gasteiger partial charge is 0.365 e. The fraction of sp³-hybridized carbons (Fsp3) is 0.520. The van der Waals surface area contributed by atoms with E-state index in [4.69, 9.17) is 11.6 Å². The van der Waals surface area contributed by atoms with Gasteiger partial charge < -0.3 is 10.2 Å². The van der Waals surface area contributed by atoms with Gasteiger partial charge in [-0.25, -0.2) is 4.39 Å². The molecule has 1 saturated carbocycles. The second-order valence-electron chi connectivity index (χ2n) is 9.14. The number of carbonyl (C=O) groups is 1. The van der Waals surface area contributed by atoms with Crippen LogP contribution in [-0.4, -0.2) is 54.1 Å². The molecule has 2 aromatic rings. The van der Waals surface area contributed by atoms with E-state index in [9.17, 15) is 9.18 Å². The molecule has 172 valence electrons. The van der Waals surface area contributed by atoms with Crippen LogP contribution < -0.4 is 10.2 Å². The van der Waals surface area contributed by atoms with Crippen molar-refractivity contribution in [2.45, 2.75) is 51.1 Å². The molecular formula is C25H32ClFN4O. The minimum Gasteiger partial charge on any atom is -0.365 e. The van der Waals surface area contributed by atoms with Crippen molar-refractivity contribution >= 4 is 23.2 Å². The summed E-state index contributed by atoms with van der Waals surface area (Å²) in [6.07, 6.45) is 8.89. The molecule has 1 aromatic heterocycles. The number of aromatic nitrogens is 1. The summed E-state index contributed by atoms with van der Waals surface area (Å²) in [6.45, 7) is 6.06. The van der Waals surface area contributed by atoms with E-state index in [1.807, 2.05) is 6.07 Å². The highest BCUT2D eigenvalue weighted by atomic mass is 35.5. The molecule has 0 spiro atoms. The Hall–Kier alpha value is -2.18. The Morgan fingerprint density at radius 2 is 2.00 bits per heavy atom. The van der Waals surface area contributed by atoms with Crippen molar-refractivity contribution in [3.63, 3.8) is 0 Å². The quantitative estimate of drug-likeness (QED) is 0.677. The molecule has 0 bridgehead atoms. The number of benzene rings is 1.